The number of alkyl halides is 1. The molecule has 0 saturated heterocycles. The van der Waals surface area contributed by atoms with Gasteiger partial charge in [-0.05, 0) is 27.4 Å². The molecule has 0 heterocycles. The van der Waals surface area contributed by atoms with Gasteiger partial charge < -0.3 is 15.7 Å². The summed E-state index contributed by atoms with van der Waals surface area (Å²) < 4.78 is 0. The van der Waals surface area contributed by atoms with Crippen LogP contribution in [-0.4, -0.2) is 47.4 Å². The van der Waals surface area contributed by atoms with Crippen LogP contribution >= 0.6 is 11.6 Å². The number of carboxylic acids is 1. The Labute approximate surface area is 107 Å². The van der Waals surface area contributed by atoms with Gasteiger partial charge in [0.25, 0.3) is 0 Å². The molecular formula is C11H21ClN2O3. The Kier molecular flexibility index (Phi) is 9.70. The summed E-state index contributed by atoms with van der Waals surface area (Å²) >= 11 is 5.01. The predicted molar refractivity (Wildman–Crippen MR) is 69.1 cm³/mol. The van der Waals surface area contributed by atoms with Crippen molar-refractivity contribution < 1.29 is 14.7 Å². The number of carbonyl (C=O) groups is 2. The Bertz CT molecular complexity index is 278. The SMILES string of the molecule is C=C(C(N)=O)C(CC)N(C)C.CC(Cl)C(=O)O. The number of likely N-dealkylation sites (N-methyl/N-ethyl adjacent to an activating group) is 1. The lowest BCUT2D eigenvalue weighted by Crippen LogP contribution is -2.34. The maximum atomic E-state index is 10.7. The molecule has 0 aliphatic rings. The fourth-order valence-electron chi connectivity index (χ4n) is 1.09. The van der Waals surface area contributed by atoms with Crippen LogP contribution in [0.5, 0.6) is 0 Å². The Morgan fingerprint density at radius 1 is 1.47 bits per heavy atom. The molecule has 0 aromatic carbocycles. The van der Waals surface area contributed by atoms with E-state index in [9.17, 15) is 9.59 Å². The molecular weight excluding hydrogens is 244 g/mol. The highest BCUT2D eigenvalue weighted by Crippen LogP contribution is 2.08. The van der Waals surface area contributed by atoms with Gasteiger partial charge in [-0.2, -0.15) is 0 Å². The highest BCUT2D eigenvalue weighted by atomic mass is 35.5. The molecule has 0 spiro atoms. The van der Waals surface area contributed by atoms with E-state index in [1.54, 1.807) is 0 Å². The third-order valence-electron chi connectivity index (χ3n) is 2.07. The Morgan fingerprint density at radius 2 is 1.82 bits per heavy atom. The minimum Gasteiger partial charge on any atom is -0.480 e. The molecule has 0 aromatic rings. The molecule has 100 valence electrons. The second kappa shape index (κ2) is 9.01. The molecule has 6 heteroatoms. The van der Waals surface area contributed by atoms with E-state index < -0.39 is 17.3 Å². The summed E-state index contributed by atoms with van der Waals surface area (Å²) in [6.07, 6.45) is 0.856. The van der Waals surface area contributed by atoms with Crippen molar-refractivity contribution in [2.45, 2.75) is 31.7 Å². The van der Waals surface area contributed by atoms with Crippen molar-refractivity contribution in [3.05, 3.63) is 12.2 Å². The van der Waals surface area contributed by atoms with Crippen molar-refractivity contribution in [3.63, 3.8) is 0 Å². The van der Waals surface area contributed by atoms with E-state index in [1.165, 1.54) is 6.92 Å². The third-order valence-corrected chi connectivity index (χ3v) is 2.26. The van der Waals surface area contributed by atoms with E-state index in [1.807, 2.05) is 25.9 Å². The highest BCUT2D eigenvalue weighted by molar-refractivity contribution is 6.29. The molecule has 0 saturated carbocycles. The van der Waals surface area contributed by atoms with Gasteiger partial charge >= 0.3 is 5.97 Å². The van der Waals surface area contributed by atoms with Gasteiger partial charge in [-0.3, -0.25) is 9.59 Å². The molecule has 0 bridgehead atoms. The summed E-state index contributed by atoms with van der Waals surface area (Å²) in [7, 11) is 3.81. The van der Waals surface area contributed by atoms with Crippen molar-refractivity contribution >= 4 is 23.5 Å². The van der Waals surface area contributed by atoms with E-state index in [0.717, 1.165) is 6.42 Å². The predicted octanol–water partition coefficient (Wildman–Crippen LogP) is 1.07. The summed E-state index contributed by atoms with van der Waals surface area (Å²) in [4.78, 5) is 22.2. The first-order chi connectivity index (χ1) is 7.64. The fourth-order valence-corrected chi connectivity index (χ4v) is 1.09. The summed E-state index contributed by atoms with van der Waals surface area (Å²) in [6.45, 7) is 7.04. The molecule has 0 rings (SSSR count). The summed E-state index contributed by atoms with van der Waals surface area (Å²) in [5.41, 5.74) is 5.57. The van der Waals surface area contributed by atoms with Crippen molar-refractivity contribution in [3.8, 4) is 0 Å². The lowest BCUT2D eigenvalue weighted by molar-refractivity contribution is -0.136. The fraction of sp³-hybridized carbons (Fsp3) is 0.636. The van der Waals surface area contributed by atoms with Crippen LogP contribution in [0.4, 0.5) is 0 Å². The minimum atomic E-state index is -0.975. The maximum Gasteiger partial charge on any atom is 0.321 e. The van der Waals surface area contributed by atoms with Crippen LogP contribution in [0.15, 0.2) is 12.2 Å². The van der Waals surface area contributed by atoms with Gasteiger partial charge in [0.15, 0.2) is 0 Å². The monoisotopic (exact) mass is 264 g/mol. The molecule has 2 atom stereocenters. The number of aliphatic carboxylic acids is 1. The van der Waals surface area contributed by atoms with Gasteiger partial charge in [0.2, 0.25) is 5.91 Å². The number of halogens is 1. The largest absolute Gasteiger partial charge is 0.480 e. The number of carboxylic acid groups (broad SMARTS) is 1. The lowest BCUT2D eigenvalue weighted by Gasteiger charge is -2.22. The molecule has 17 heavy (non-hydrogen) atoms. The van der Waals surface area contributed by atoms with E-state index in [0.29, 0.717) is 5.57 Å². The van der Waals surface area contributed by atoms with Crippen LogP contribution < -0.4 is 5.73 Å². The Hall–Kier alpha value is -1.07. The second-order valence-electron chi connectivity index (χ2n) is 3.73. The van der Waals surface area contributed by atoms with Gasteiger partial charge in [-0.1, -0.05) is 13.5 Å². The second-order valence-corrected chi connectivity index (χ2v) is 4.39. The zero-order valence-corrected chi connectivity index (χ0v) is 11.5. The normalized spacial score (nSPS) is 13.3. The smallest absolute Gasteiger partial charge is 0.321 e. The Morgan fingerprint density at radius 3 is 1.88 bits per heavy atom. The van der Waals surface area contributed by atoms with E-state index in [2.05, 4.69) is 6.58 Å². The van der Waals surface area contributed by atoms with E-state index in [4.69, 9.17) is 22.4 Å². The standard InChI is InChI=1S/C8H16N2O.C3H5ClO2/c1-5-7(10(3)4)6(2)8(9)11;1-2(4)3(5)6/h7H,2,5H2,1,3-4H3,(H2,9,11);2H,1H3,(H,5,6). The quantitative estimate of drug-likeness (QED) is 0.575. The van der Waals surface area contributed by atoms with Gasteiger partial charge in [-0.15, -0.1) is 11.6 Å². The topological polar surface area (TPSA) is 83.6 Å². The number of nitrogens with zero attached hydrogens (tertiary/aromatic N) is 1. The molecule has 1 amide bonds. The number of hydrogen-bond donors (Lipinski definition) is 2. The molecule has 3 N–H and O–H groups in total. The van der Waals surface area contributed by atoms with Crippen LogP contribution in [-0.2, 0) is 9.59 Å². The van der Waals surface area contributed by atoms with Crippen molar-refractivity contribution in [2.24, 2.45) is 5.73 Å². The lowest BCUT2D eigenvalue weighted by atomic mass is 10.1. The molecule has 5 nitrogen and oxygen atoms in total. The molecule has 0 aromatic heterocycles. The zero-order chi connectivity index (χ0) is 14.2. The first-order valence-electron chi connectivity index (χ1n) is 5.16. The number of hydrogen-bond acceptors (Lipinski definition) is 3. The average molecular weight is 265 g/mol. The van der Waals surface area contributed by atoms with Crippen molar-refractivity contribution in [1.29, 1.82) is 0 Å². The molecule has 0 aliphatic carbocycles. The number of rotatable bonds is 5. The van der Waals surface area contributed by atoms with Gasteiger partial charge in [0.1, 0.15) is 5.38 Å². The van der Waals surface area contributed by atoms with Gasteiger partial charge in [0, 0.05) is 11.6 Å². The van der Waals surface area contributed by atoms with E-state index in [-0.39, 0.29) is 6.04 Å². The average Bonchev–Trinajstić information content (AvgIpc) is 2.18. The van der Waals surface area contributed by atoms with Gasteiger partial charge in [-0.25, -0.2) is 0 Å². The molecule has 2 unspecified atom stereocenters. The van der Waals surface area contributed by atoms with Crippen molar-refractivity contribution in [1.82, 2.24) is 4.90 Å². The van der Waals surface area contributed by atoms with E-state index >= 15 is 0 Å². The summed E-state index contributed by atoms with van der Waals surface area (Å²) in [5, 5.41) is 7.10. The number of primary amides is 1. The minimum absolute atomic E-state index is 0.0764. The van der Waals surface area contributed by atoms with Crippen LogP contribution in [0.2, 0.25) is 0 Å². The number of nitrogens with two attached hydrogens (primary N) is 1. The maximum absolute atomic E-state index is 10.7. The van der Waals surface area contributed by atoms with Gasteiger partial charge in [0.05, 0.1) is 0 Å². The highest BCUT2D eigenvalue weighted by Gasteiger charge is 2.16. The van der Waals surface area contributed by atoms with Crippen molar-refractivity contribution in [2.75, 3.05) is 14.1 Å². The number of amides is 1. The molecule has 0 fully saturated rings. The Balaban J connectivity index is 0. The summed E-state index contributed by atoms with van der Waals surface area (Å²) in [6, 6.07) is 0.0764. The van der Waals surface area contributed by atoms with Crippen LogP contribution in [0.1, 0.15) is 20.3 Å². The molecule has 0 aliphatic heterocycles. The first kappa shape index (κ1) is 18.3. The molecule has 0 radical (unpaired) electrons. The first-order valence-corrected chi connectivity index (χ1v) is 5.60. The zero-order valence-electron chi connectivity index (χ0n) is 10.7. The van der Waals surface area contributed by atoms with Crippen LogP contribution in [0.25, 0.3) is 0 Å². The van der Waals surface area contributed by atoms with Crippen LogP contribution in [0.3, 0.4) is 0 Å². The third kappa shape index (κ3) is 8.71. The number of carbonyl (C=O) groups excluding carboxylic acids is 1. The van der Waals surface area contributed by atoms with Crippen LogP contribution in [0, 0.1) is 0 Å². The summed E-state index contributed by atoms with van der Waals surface area (Å²) in [5.74, 6) is -1.39.